The van der Waals surface area contributed by atoms with E-state index >= 15 is 0 Å². The van der Waals surface area contributed by atoms with Gasteiger partial charge in [-0.2, -0.15) is 0 Å². The van der Waals surface area contributed by atoms with Gasteiger partial charge in [-0.25, -0.2) is 4.98 Å². The van der Waals surface area contributed by atoms with Crippen LogP contribution in [0.1, 0.15) is 5.56 Å². The molecule has 0 aliphatic carbocycles. The number of hydrogen-bond acceptors (Lipinski definition) is 4. The second-order valence-corrected chi connectivity index (χ2v) is 3.56. The number of nitro groups is 1. The van der Waals surface area contributed by atoms with E-state index in [9.17, 15) is 10.1 Å². The monoisotopic (exact) mass is 229 g/mol. The number of aromatic nitrogens is 1. The minimum absolute atomic E-state index is 0.00710. The maximum atomic E-state index is 10.5. The number of pyridine rings is 1. The molecule has 0 radical (unpaired) electrons. The first-order chi connectivity index (χ1) is 8.20. The lowest BCUT2D eigenvalue weighted by molar-refractivity contribution is -0.385. The van der Waals surface area contributed by atoms with Crippen LogP contribution in [0.5, 0.6) is 0 Å². The van der Waals surface area contributed by atoms with E-state index in [1.807, 2.05) is 24.3 Å². The van der Waals surface area contributed by atoms with Gasteiger partial charge in [-0.1, -0.05) is 24.3 Å². The van der Waals surface area contributed by atoms with Crippen LogP contribution in [0, 0.1) is 10.1 Å². The van der Waals surface area contributed by atoms with Gasteiger partial charge in [0, 0.05) is 18.2 Å². The minimum Gasteiger partial charge on any atom is -0.326 e. The lowest BCUT2D eigenvalue weighted by Gasteiger charge is -2.01. The summed E-state index contributed by atoms with van der Waals surface area (Å²) in [7, 11) is 0. The summed E-state index contributed by atoms with van der Waals surface area (Å²) in [6, 6.07) is 10.7. The third kappa shape index (κ3) is 2.46. The van der Waals surface area contributed by atoms with E-state index in [0.717, 1.165) is 11.1 Å². The highest BCUT2D eigenvalue weighted by atomic mass is 16.6. The molecule has 2 aromatic rings. The Morgan fingerprint density at radius 1 is 1.18 bits per heavy atom. The topological polar surface area (TPSA) is 82.0 Å². The van der Waals surface area contributed by atoms with Gasteiger partial charge in [0.15, 0.2) is 0 Å². The Kier molecular flexibility index (Phi) is 3.11. The van der Waals surface area contributed by atoms with Crippen LogP contribution in [-0.2, 0) is 6.54 Å². The first-order valence-corrected chi connectivity index (χ1v) is 5.10. The third-order valence-electron chi connectivity index (χ3n) is 2.44. The van der Waals surface area contributed by atoms with Crippen LogP contribution in [0.15, 0.2) is 42.6 Å². The van der Waals surface area contributed by atoms with Crippen molar-refractivity contribution >= 4 is 5.69 Å². The van der Waals surface area contributed by atoms with E-state index < -0.39 is 4.92 Å². The van der Waals surface area contributed by atoms with E-state index in [1.165, 1.54) is 12.3 Å². The van der Waals surface area contributed by atoms with Gasteiger partial charge < -0.3 is 5.73 Å². The summed E-state index contributed by atoms with van der Waals surface area (Å²) in [6.45, 7) is 0.494. The average molecular weight is 229 g/mol. The second-order valence-electron chi connectivity index (χ2n) is 3.56. The van der Waals surface area contributed by atoms with Crippen molar-refractivity contribution in [3.63, 3.8) is 0 Å². The van der Waals surface area contributed by atoms with Crippen molar-refractivity contribution in [2.75, 3.05) is 0 Å². The lowest BCUT2D eigenvalue weighted by atomic mass is 10.1. The van der Waals surface area contributed by atoms with Gasteiger partial charge >= 0.3 is 0 Å². The molecule has 5 nitrogen and oxygen atoms in total. The molecule has 1 aromatic carbocycles. The highest BCUT2D eigenvalue weighted by Gasteiger charge is 2.06. The molecule has 0 unspecified atom stereocenters. The van der Waals surface area contributed by atoms with Crippen molar-refractivity contribution in [3.05, 3.63) is 58.3 Å². The van der Waals surface area contributed by atoms with Crippen LogP contribution in [0.2, 0.25) is 0 Å². The molecule has 0 saturated heterocycles. The SMILES string of the molecule is NCc1ccc(-c2ccc([N+](=O)[O-])cn2)cc1. The van der Waals surface area contributed by atoms with Gasteiger partial charge in [0.05, 0.1) is 10.6 Å². The van der Waals surface area contributed by atoms with Crippen molar-refractivity contribution in [2.24, 2.45) is 5.73 Å². The Hall–Kier alpha value is -2.27. The fraction of sp³-hybridized carbons (Fsp3) is 0.0833. The molecular weight excluding hydrogens is 218 g/mol. The molecule has 0 aliphatic heterocycles. The van der Waals surface area contributed by atoms with Gasteiger partial charge in [-0.3, -0.25) is 10.1 Å². The molecule has 0 saturated carbocycles. The first kappa shape index (κ1) is 11.2. The molecule has 2 N–H and O–H groups in total. The van der Waals surface area contributed by atoms with Crippen LogP contribution in [-0.4, -0.2) is 9.91 Å². The van der Waals surface area contributed by atoms with E-state index in [-0.39, 0.29) is 5.69 Å². The van der Waals surface area contributed by atoms with E-state index in [4.69, 9.17) is 5.73 Å². The summed E-state index contributed by atoms with van der Waals surface area (Å²) in [4.78, 5) is 14.1. The predicted octanol–water partition coefficient (Wildman–Crippen LogP) is 2.12. The van der Waals surface area contributed by atoms with Crippen molar-refractivity contribution in [2.45, 2.75) is 6.54 Å². The maximum absolute atomic E-state index is 10.5. The summed E-state index contributed by atoms with van der Waals surface area (Å²) in [6.07, 6.45) is 1.26. The van der Waals surface area contributed by atoms with Crippen molar-refractivity contribution in [1.82, 2.24) is 4.98 Å². The molecule has 0 bridgehead atoms. The molecule has 0 fully saturated rings. The minimum atomic E-state index is -0.464. The Labute approximate surface area is 98.1 Å². The number of hydrogen-bond donors (Lipinski definition) is 1. The fourth-order valence-corrected chi connectivity index (χ4v) is 1.48. The standard InChI is InChI=1S/C12H11N3O2/c13-7-9-1-3-10(4-2-9)12-6-5-11(8-14-12)15(16)17/h1-6,8H,7,13H2. The maximum Gasteiger partial charge on any atom is 0.287 e. The zero-order valence-electron chi connectivity index (χ0n) is 9.04. The molecular formula is C12H11N3O2. The van der Waals surface area contributed by atoms with Gasteiger partial charge in [0.2, 0.25) is 0 Å². The number of nitrogens with zero attached hydrogens (tertiary/aromatic N) is 2. The zero-order chi connectivity index (χ0) is 12.3. The summed E-state index contributed by atoms with van der Waals surface area (Å²) in [5.41, 5.74) is 8.15. The molecule has 17 heavy (non-hydrogen) atoms. The largest absolute Gasteiger partial charge is 0.326 e. The van der Waals surface area contributed by atoms with Gasteiger partial charge in [0.25, 0.3) is 5.69 Å². The molecule has 0 atom stereocenters. The summed E-state index contributed by atoms with van der Waals surface area (Å²) in [5, 5.41) is 10.5. The fourth-order valence-electron chi connectivity index (χ4n) is 1.48. The number of nitrogens with two attached hydrogens (primary N) is 1. The van der Waals surface area contributed by atoms with Gasteiger partial charge in [0.1, 0.15) is 6.20 Å². The lowest BCUT2D eigenvalue weighted by Crippen LogP contribution is -1.95. The quantitative estimate of drug-likeness (QED) is 0.645. The Morgan fingerprint density at radius 2 is 1.88 bits per heavy atom. The average Bonchev–Trinajstić information content (AvgIpc) is 2.39. The van der Waals surface area contributed by atoms with Crippen molar-refractivity contribution in [1.29, 1.82) is 0 Å². The second kappa shape index (κ2) is 4.71. The highest BCUT2D eigenvalue weighted by Crippen LogP contribution is 2.19. The molecule has 1 heterocycles. The molecule has 5 heteroatoms. The molecule has 0 aliphatic rings. The molecule has 2 rings (SSSR count). The third-order valence-corrected chi connectivity index (χ3v) is 2.44. The van der Waals surface area contributed by atoms with Crippen LogP contribution in [0.4, 0.5) is 5.69 Å². The number of rotatable bonds is 3. The Bertz CT molecular complexity index is 520. The predicted molar refractivity (Wildman–Crippen MR) is 64.2 cm³/mol. The normalized spacial score (nSPS) is 10.2. The van der Waals surface area contributed by atoms with E-state index in [1.54, 1.807) is 6.07 Å². The molecule has 86 valence electrons. The summed E-state index contributed by atoms with van der Waals surface area (Å²) >= 11 is 0. The summed E-state index contributed by atoms with van der Waals surface area (Å²) < 4.78 is 0. The Morgan fingerprint density at radius 3 is 2.35 bits per heavy atom. The highest BCUT2D eigenvalue weighted by molar-refractivity contribution is 5.60. The smallest absolute Gasteiger partial charge is 0.287 e. The van der Waals surface area contributed by atoms with Crippen LogP contribution in [0.3, 0.4) is 0 Å². The Balaban J connectivity index is 2.29. The van der Waals surface area contributed by atoms with Gasteiger partial charge in [-0.15, -0.1) is 0 Å². The van der Waals surface area contributed by atoms with E-state index in [0.29, 0.717) is 12.2 Å². The van der Waals surface area contributed by atoms with Crippen LogP contribution < -0.4 is 5.73 Å². The van der Waals surface area contributed by atoms with E-state index in [2.05, 4.69) is 4.98 Å². The van der Waals surface area contributed by atoms with Crippen molar-refractivity contribution in [3.8, 4) is 11.3 Å². The first-order valence-electron chi connectivity index (χ1n) is 5.10. The van der Waals surface area contributed by atoms with Crippen LogP contribution >= 0.6 is 0 Å². The number of benzene rings is 1. The molecule has 0 amide bonds. The summed E-state index contributed by atoms with van der Waals surface area (Å²) in [5.74, 6) is 0. The van der Waals surface area contributed by atoms with Gasteiger partial charge in [-0.05, 0) is 11.6 Å². The molecule has 1 aromatic heterocycles. The van der Waals surface area contributed by atoms with Crippen molar-refractivity contribution < 1.29 is 4.92 Å². The zero-order valence-corrected chi connectivity index (χ0v) is 9.04. The van der Waals surface area contributed by atoms with Crippen LogP contribution in [0.25, 0.3) is 11.3 Å². The molecule has 0 spiro atoms.